The molecule has 0 radical (unpaired) electrons. The van der Waals surface area contributed by atoms with Crippen LogP contribution in [-0.4, -0.2) is 45.1 Å². The third kappa shape index (κ3) is 4.84. The molecule has 2 aromatic rings. The lowest BCUT2D eigenvalue weighted by atomic mass is 10.1. The van der Waals surface area contributed by atoms with E-state index in [0.29, 0.717) is 30.8 Å². The number of nitrogens with zero attached hydrogens (tertiary/aromatic N) is 2. The predicted molar refractivity (Wildman–Crippen MR) is 119 cm³/mol. The summed E-state index contributed by atoms with van der Waals surface area (Å²) < 4.78 is 25.1. The molecular formula is C23H29N3O3S. The number of fused-ring (bicyclic) bond motifs is 1. The van der Waals surface area contributed by atoms with Crippen LogP contribution in [0.25, 0.3) is 0 Å². The average molecular weight is 428 g/mol. The molecule has 0 bridgehead atoms. The summed E-state index contributed by atoms with van der Waals surface area (Å²) >= 11 is 0. The summed E-state index contributed by atoms with van der Waals surface area (Å²) in [6, 6.07) is 13.7. The Morgan fingerprint density at radius 1 is 0.967 bits per heavy atom. The van der Waals surface area contributed by atoms with E-state index < -0.39 is 10.0 Å². The number of nitrogens with one attached hydrogen (secondary N) is 1. The molecule has 0 saturated carbocycles. The Labute approximate surface area is 178 Å². The van der Waals surface area contributed by atoms with Crippen molar-refractivity contribution in [3.05, 3.63) is 64.7 Å². The van der Waals surface area contributed by atoms with E-state index >= 15 is 0 Å². The van der Waals surface area contributed by atoms with Gasteiger partial charge in [0.25, 0.3) is 5.91 Å². The average Bonchev–Trinajstić information content (AvgIpc) is 3.17. The fourth-order valence-corrected chi connectivity index (χ4v) is 5.24. The molecule has 160 valence electrons. The van der Waals surface area contributed by atoms with Gasteiger partial charge < -0.3 is 5.32 Å². The van der Waals surface area contributed by atoms with Gasteiger partial charge in [-0.1, -0.05) is 30.7 Å². The zero-order valence-electron chi connectivity index (χ0n) is 17.4. The van der Waals surface area contributed by atoms with Crippen molar-refractivity contribution in [2.45, 2.75) is 38.8 Å². The Balaban J connectivity index is 1.33. The van der Waals surface area contributed by atoms with Gasteiger partial charge in [-0.15, -0.1) is 0 Å². The van der Waals surface area contributed by atoms with E-state index in [9.17, 15) is 13.2 Å². The van der Waals surface area contributed by atoms with Gasteiger partial charge in [-0.2, -0.15) is 0 Å². The van der Waals surface area contributed by atoms with Crippen LogP contribution in [0.2, 0.25) is 0 Å². The first-order valence-corrected chi connectivity index (χ1v) is 12.4. The number of hydrogen-bond acceptors (Lipinski definition) is 4. The Hall–Kier alpha value is -2.38. The Kier molecular flexibility index (Phi) is 6.11. The summed E-state index contributed by atoms with van der Waals surface area (Å²) in [7, 11) is -3.28. The van der Waals surface area contributed by atoms with Crippen molar-refractivity contribution in [2.75, 3.05) is 30.2 Å². The van der Waals surface area contributed by atoms with E-state index in [1.807, 2.05) is 0 Å². The number of rotatable bonds is 6. The largest absolute Gasteiger partial charge is 0.348 e. The third-order valence-corrected chi connectivity index (χ3v) is 7.11. The summed E-state index contributed by atoms with van der Waals surface area (Å²) in [6.45, 7) is 4.26. The number of likely N-dealkylation sites (tertiary alicyclic amines) is 1. The zero-order valence-corrected chi connectivity index (χ0v) is 18.2. The highest BCUT2D eigenvalue weighted by Crippen LogP contribution is 2.30. The van der Waals surface area contributed by atoms with Crippen LogP contribution in [-0.2, 0) is 29.5 Å². The molecule has 0 aromatic heterocycles. The number of anilines is 1. The molecule has 0 spiro atoms. The number of piperidine rings is 1. The molecule has 2 aromatic carbocycles. The lowest BCUT2D eigenvalue weighted by Crippen LogP contribution is -2.29. The summed E-state index contributed by atoms with van der Waals surface area (Å²) in [5.41, 5.74) is 4.51. The highest BCUT2D eigenvalue weighted by Gasteiger charge is 2.26. The monoisotopic (exact) mass is 427 g/mol. The minimum Gasteiger partial charge on any atom is -0.348 e. The third-order valence-electron chi connectivity index (χ3n) is 5.93. The van der Waals surface area contributed by atoms with Gasteiger partial charge in [0.15, 0.2) is 0 Å². The molecule has 0 atom stereocenters. The molecule has 2 aliphatic rings. The fourth-order valence-electron chi connectivity index (χ4n) is 4.28. The smallest absolute Gasteiger partial charge is 0.251 e. The van der Waals surface area contributed by atoms with E-state index in [1.54, 1.807) is 18.2 Å². The van der Waals surface area contributed by atoms with Crippen LogP contribution < -0.4 is 9.62 Å². The number of carbonyl (C=O) groups is 1. The normalized spacial score (nSPS) is 17.0. The van der Waals surface area contributed by atoms with Gasteiger partial charge in [-0.05, 0) is 67.2 Å². The van der Waals surface area contributed by atoms with Gasteiger partial charge in [0.2, 0.25) is 10.0 Å². The molecule has 0 unspecified atom stereocenters. The van der Waals surface area contributed by atoms with Crippen molar-refractivity contribution in [1.82, 2.24) is 10.2 Å². The number of sulfonamides is 1. The van der Waals surface area contributed by atoms with Crippen LogP contribution in [0, 0.1) is 0 Å². The molecule has 6 nitrogen and oxygen atoms in total. The van der Waals surface area contributed by atoms with Crippen LogP contribution in [0.15, 0.2) is 42.5 Å². The second-order valence-corrected chi connectivity index (χ2v) is 10.2. The Morgan fingerprint density at radius 2 is 1.67 bits per heavy atom. The molecule has 4 rings (SSSR count). The highest BCUT2D eigenvalue weighted by atomic mass is 32.2. The summed E-state index contributed by atoms with van der Waals surface area (Å²) in [6.07, 6.45) is 5.76. The van der Waals surface area contributed by atoms with E-state index in [0.717, 1.165) is 17.7 Å². The Bertz CT molecular complexity index is 1010. The lowest BCUT2D eigenvalue weighted by Gasteiger charge is -2.26. The SMILES string of the molecule is CS(=O)(=O)N1CCc2cc(C(=O)NCc3ccc(CN4CCCCC4)cc3)ccc21. The molecule has 1 saturated heterocycles. The first-order chi connectivity index (χ1) is 14.4. The van der Waals surface area contributed by atoms with E-state index in [4.69, 9.17) is 0 Å². The molecule has 30 heavy (non-hydrogen) atoms. The maximum atomic E-state index is 12.6. The van der Waals surface area contributed by atoms with Gasteiger partial charge >= 0.3 is 0 Å². The molecule has 7 heteroatoms. The number of hydrogen-bond donors (Lipinski definition) is 1. The number of benzene rings is 2. The zero-order chi connectivity index (χ0) is 21.1. The molecule has 1 amide bonds. The summed E-state index contributed by atoms with van der Waals surface area (Å²) in [4.78, 5) is 15.1. The molecule has 1 N–H and O–H groups in total. The minimum absolute atomic E-state index is 0.145. The van der Waals surface area contributed by atoms with Crippen LogP contribution in [0.4, 0.5) is 5.69 Å². The van der Waals surface area contributed by atoms with E-state index in [-0.39, 0.29) is 5.91 Å². The first kappa shape index (κ1) is 20.9. The van der Waals surface area contributed by atoms with Crippen LogP contribution >= 0.6 is 0 Å². The van der Waals surface area contributed by atoms with Crippen molar-refractivity contribution in [3.63, 3.8) is 0 Å². The quantitative estimate of drug-likeness (QED) is 0.770. The van der Waals surface area contributed by atoms with Gasteiger partial charge in [-0.3, -0.25) is 14.0 Å². The van der Waals surface area contributed by atoms with E-state index in [2.05, 4.69) is 34.5 Å². The number of amides is 1. The van der Waals surface area contributed by atoms with Crippen molar-refractivity contribution in [1.29, 1.82) is 0 Å². The minimum atomic E-state index is -3.28. The van der Waals surface area contributed by atoms with Gasteiger partial charge in [0.1, 0.15) is 0 Å². The number of carbonyl (C=O) groups excluding carboxylic acids is 1. The fraction of sp³-hybridized carbons (Fsp3) is 0.435. The van der Waals surface area contributed by atoms with Crippen LogP contribution in [0.3, 0.4) is 0 Å². The molecule has 1 fully saturated rings. The van der Waals surface area contributed by atoms with Crippen LogP contribution in [0.1, 0.15) is 46.3 Å². The maximum Gasteiger partial charge on any atom is 0.251 e. The molecule has 0 aliphatic carbocycles. The highest BCUT2D eigenvalue weighted by molar-refractivity contribution is 7.92. The standard InChI is InChI=1S/C23H29N3O3S/c1-30(28,29)26-14-11-20-15-21(9-10-22(20)26)23(27)24-16-18-5-7-19(8-6-18)17-25-12-3-2-4-13-25/h5-10,15H,2-4,11-14,16-17H2,1H3,(H,24,27). The second-order valence-electron chi connectivity index (χ2n) is 8.26. The van der Waals surface area contributed by atoms with Crippen molar-refractivity contribution in [3.8, 4) is 0 Å². The van der Waals surface area contributed by atoms with Gasteiger partial charge in [0, 0.05) is 25.2 Å². The predicted octanol–water partition coefficient (Wildman–Crippen LogP) is 2.92. The van der Waals surface area contributed by atoms with E-state index in [1.165, 1.54) is 48.5 Å². The lowest BCUT2D eigenvalue weighted by molar-refractivity contribution is 0.0951. The summed E-state index contributed by atoms with van der Waals surface area (Å²) in [5.74, 6) is -0.145. The molecule has 2 aliphatic heterocycles. The molecular weight excluding hydrogens is 398 g/mol. The maximum absolute atomic E-state index is 12.6. The van der Waals surface area contributed by atoms with Crippen molar-refractivity contribution < 1.29 is 13.2 Å². The Morgan fingerprint density at radius 3 is 2.37 bits per heavy atom. The molecule has 2 heterocycles. The van der Waals surface area contributed by atoms with Crippen molar-refractivity contribution >= 4 is 21.6 Å². The van der Waals surface area contributed by atoms with Crippen LogP contribution in [0.5, 0.6) is 0 Å². The summed E-state index contributed by atoms with van der Waals surface area (Å²) in [5, 5.41) is 2.97. The van der Waals surface area contributed by atoms with Crippen molar-refractivity contribution in [2.24, 2.45) is 0 Å². The van der Waals surface area contributed by atoms with Gasteiger partial charge in [-0.25, -0.2) is 8.42 Å². The topological polar surface area (TPSA) is 69.7 Å². The first-order valence-electron chi connectivity index (χ1n) is 10.6. The van der Waals surface area contributed by atoms with Gasteiger partial charge in [0.05, 0.1) is 11.9 Å². The second kappa shape index (κ2) is 8.78.